The van der Waals surface area contributed by atoms with Crippen molar-refractivity contribution in [3.05, 3.63) is 167 Å². The first-order valence-electron chi connectivity index (χ1n) is 21.2. The smallest absolute Gasteiger partial charge is 0.337 e. The lowest BCUT2D eigenvalue weighted by atomic mass is 9.84. The molecule has 7 nitrogen and oxygen atoms in total. The minimum absolute atomic E-state index is 0.000574. The van der Waals surface area contributed by atoms with Crippen molar-refractivity contribution in [2.24, 2.45) is 0 Å². The molecule has 302 valence electrons. The molecule has 58 heavy (non-hydrogen) atoms. The molecule has 2 fully saturated rings. The minimum atomic E-state index is -0.398. The number of piperazine rings is 2. The SMILES string of the molecule is COC(=O)c1ccc(C(=O)N2CCN(c3ccc(N4CCN(CCCCCCCCSC(c5ccccc5)(c5ccccc5)c5ccccc5)CC4)cc3)CC2)cc1. The van der Waals surface area contributed by atoms with E-state index in [1.807, 2.05) is 4.90 Å². The number of ether oxygens (including phenoxy) is 1. The van der Waals surface area contributed by atoms with Gasteiger partial charge in [-0.25, -0.2) is 4.79 Å². The molecule has 2 heterocycles. The molecule has 7 rings (SSSR count). The highest BCUT2D eigenvalue weighted by atomic mass is 32.2. The third-order valence-electron chi connectivity index (χ3n) is 11.8. The Hall–Kier alpha value is -5.05. The van der Waals surface area contributed by atoms with Crippen molar-refractivity contribution >= 4 is 35.0 Å². The van der Waals surface area contributed by atoms with Crippen LogP contribution in [-0.2, 0) is 9.48 Å². The van der Waals surface area contributed by atoms with Gasteiger partial charge in [-0.1, -0.05) is 117 Å². The van der Waals surface area contributed by atoms with Gasteiger partial charge >= 0.3 is 5.97 Å². The van der Waals surface area contributed by atoms with Crippen molar-refractivity contribution < 1.29 is 14.3 Å². The number of hydrogen-bond donors (Lipinski definition) is 0. The molecule has 0 aliphatic carbocycles. The van der Waals surface area contributed by atoms with Gasteiger partial charge in [0.1, 0.15) is 0 Å². The van der Waals surface area contributed by atoms with Crippen molar-refractivity contribution in [2.75, 3.05) is 81.6 Å². The van der Waals surface area contributed by atoms with E-state index in [1.165, 1.54) is 80.2 Å². The summed E-state index contributed by atoms with van der Waals surface area (Å²) in [5.74, 6) is 0.731. The molecule has 0 saturated carbocycles. The summed E-state index contributed by atoms with van der Waals surface area (Å²) in [4.78, 5) is 34.2. The topological polar surface area (TPSA) is 56.3 Å². The number of rotatable bonds is 17. The van der Waals surface area contributed by atoms with Crippen molar-refractivity contribution in [1.82, 2.24) is 9.80 Å². The fraction of sp³-hybridized carbons (Fsp3) is 0.360. The highest BCUT2D eigenvalue weighted by Gasteiger charge is 2.36. The van der Waals surface area contributed by atoms with Crippen molar-refractivity contribution in [3.8, 4) is 0 Å². The maximum absolute atomic E-state index is 13.1. The van der Waals surface area contributed by atoms with Crippen molar-refractivity contribution in [1.29, 1.82) is 0 Å². The number of amides is 1. The van der Waals surface area contributed by atoms with Crippen LogP contribution in [0.15, 0.2) is 140 Å². The van der Waals surface area contributed by atoms with Gasteiger partial charge in [-0.3, -0.25) is 9.69 Å². The Morgan fingerprint density at radius 2 is 0.948 bits per heavy atom. The summed E-state index contributed by atoms with van der Waals surface area (Å²) in [6.45, 7) is 8.48. The van der Waals surface area contributed by atoms with Gasteiger partial charge in [0.15, 0.2) is 0 Å². The zero-order chi connectivity index (χ0) is 40.0. The van der Waals surface area contributed by atoms with Crippen LogP contribution in [0.25, 0.3) is 0 Å². The average Bonchev–Trinajstić information content (AvgIpc) is 3.30. The van der Waals surface area contributed by atoms with E-state index in [4.69, 9.17) is 4.74 Å². The quantitative estimate of drug-likeness (QED) is 0.0528. The molecule has 0 atom stereocenters. The molecule has 0 aromatic heterocycles. The number of esters is 1. The summed E-state index contributed by atoms with van der Waals surface area (Å²) < 4.78 is 4.55. The van der Waals surface area contributed by atoms with Crippen LogP contribution in [0, 0.1) is 0 Å². The molecule has 0 radical (unpaired) electrons. The predicted octanol–water partition coefficient (Wildman–Crippen LogP) is 9.62. The Balaban J connectivity index is 0.783. The van der Waals surface area contributed by atoms with Crippen LogP contribution < -0.4 is 9.80 Å². The molecule has 5 aromatic rings. The molecule has 5 aromatic carbocycles. The molecular formula is C50H58N4O3S. The highest BCUT2D eigenvalue weighted by Crippen LogP contribution is 2.48. The average molecular weight is 795 g/mol. The van der Waals surface area contributed by atoms with Gasteiger partial charge in [0.2, 0.25) is 0 Å². The molecule has 0 N–H and O–H groups in total. The summed E-state index contributed by atoms with van der Waals surface area (Å²) >= 11 is 2.09. The number of hydrogen-bond acceptors (Lipinski definition) is 7. The number of methoxy groups -OCH3 is 1. The summed E-state index contributed by atoms with van der Waals surface area (Å²) in [7, 11) is 1.36. The third-order valence-corrected chi connectivity index (χ3v) is 13.4. The number of thioether (sulfide) groups is 1. The lowest BCUT2D eigenvalue weighted by Crippen LogP contribution is -2.48. The van der Waals surface area contributed by atoms with Crippen LogP contribution >= 0.6 is 11.8 Å². The van der Waals surface area contributed by atoms with E-state index in [2.05, 4.69) is 142 Å². The van der Waals surface area contributed by atoms with Gasteiger partial charge in [0.05, 0.1) is 17.4 Å². The summed E-state index contributed by atoms with van der Waals surface area (Å²) in [5.41, 5.74) is 7.57. The summed E-state index contributed by atoms with van der Waals surface area (Å²) in [5, 5.41) is 0. The molecule has 1 amide bonds. The Labute approximate surface area is 350 Å². The van der Waals surface area contributed by atoms with Crippen LogP contribution in [0.3, 0.4) is 0 Å². The monoisotopic (exact) mass is 794 g/mol. The number of unbranched alkanes of at least 4 members (excludes halogenated alkanes) is 5. The number of benzene rings is 5. The molecule has 0 spiro atoms. The van der Waals surface area contributed by atoms with E-state index in [0.29, 0.717) is 24.2 Å². The summed E-state index contributed by atoms with van der Waals surface area (Å²) in [6.07, 6.45) is 7.73. The Kier molecular flexibility index (Phi) is 14.6. The van der Waals surface area contributed by atoms with Crippen LogP contribution in [0.5, 0.6) is 0 Å². The van der Waals surface area contributed by atoms with E-state index in [0.717, 1.165) is 45.0 Å². The van der Waals surface area contributed by atoms with Crippen LogP contribution in [-0.4, -0.2) is 93.4 Å². The highest BCUT2D eigenvalue weighted by molar-refractivity contribution is 8.00. The van der Waals surface area contributed by atoms with Gasteiger partial charge < -0.3 is 19.4 Å². The zero-order valence-electron chi connectivity index (χ0n) is 34.0. The number of carbonyl (C=O) groups is 2. The standard InChI is InChI=1S/C50H58N4O3S/c1-57-49(56)42-25-23-41(24-26-42)48(55)54-38-36-53(37-39-54)47-29-27-46(28-30-47)52-34-32-51(33-35-52)31-15-4-2-3-5-16-40-58-50(43-17-9-6-10-18-43,44-19-11-7-12-20-44)45-21-13-8-14-22-45/h6-14,17-30H,2-5,15-16,31-40H2,1H3. The van der Waals surface area contributed by atoms with E-state index in [1.54, 1.807) is 24.3 Å². The normalized spacial score (nSPS) is 15.0. The number of carbonyl (C=O) groups excluding carboxylic acids is 2. The van der Waals surface area contributed by atoms with Gasteiger partial charge in [-0.05, 0) is 90.4 Å². The largest absolute Gasteiger partial charge is 0.465 e. The van der Waals surface area contributed by atoms with Crippen LogP contribution in [0.4, 0.5) is 11.4 Å². The molecular weight excluding hydrogens is 737 g/mol. The number of anilines is 2. The fourth-order valence-electron chi connectivity index (χ4n) is 8.46. The van der Waals surface area contributed by atoms with Gasteiger partial charge in [-0.2, -0.15) is 0 Å². The van der Waals surface area contributed by atoms with Crippen LogP contribution in [0.2, 0.25) is 0 Å². The first kappa shape index (κ1) is 41.1. The Morgan fingerprint density at radius 1 is 0.517 bits per heavy atom. The maximum atomic E-state index is 13.1. The lowest BCUT2D eigenvalue weighted by molar-refractivity contribution is 0.0599. The van der Waals surface area contributed by atoms with Gasteiger partial charge in [-0.15, -0.1) is 11.8 Å². The third kappa shape index (κ3) is 10.1. The van der Waals surface area contributed by atoms with Gasteiger partial charge in [0.25, 0.3) is 5.91 Å². The van der Waals surface area contributed by atoms with Crippen LogP contribution in [0.1, 0.15) is 75.9 Å². The second-order valence-corrected chi connectivity index (χ2v) is 16.8. The maximum Gasteiger partial charge on any atom is 0.337 e. The number of nitrogens with zero attached hydrogens (tertiary/aromatic N) is 4. The Bertz CT molecular complexity index is 1900. The van der Waals surface area contributed by atoms with E-state index in [-0.39, 0.29) is 10.7 Å². The van der Waals surface area contributed by atoms with Gasteiger partial charge in [0, 0.05) is 69.3 Å². The summed E-state index contributed by atoms with van der Waals surface area (Å²) in [6, 6.07) is 48.8. The minimum Gasteiger partial charge on any atom is -0.465 e. The predicted molar refractivity (Wildman–Crippen MR) is 240 cm³/mol. The molecule has 2 aliphatic heterocycles. The zero-order valence-corrected chi connectivity index (χ0v) is 34.8. The molecule has 8 heteroatoms. The molecule has 0 unspecified atom stereocenters. The van der Waals surface area contributed by atoms with E-state index >= 15 is 0 Å². The van der Waals surface area contributed by atoms with E-state index in [9.17, 15) is 9.59 Å². The first-order chi connectivity index (χ1) is 28.5. The molecule has 2 aliphatic rings. The molecule has 0 bridgehead atoms. The molecule has 2 saturated heterocycles. The first-order valence-corrected chi connectivity index (χ1v) is 22.1. The second kappa shape index (κ2) is 20.6. The second-order valence-electron chi connectivity index (χ2n) is 15.4. The van der Waals surface area contributed by atoms with E-state index < -0.39 is 5.97 Å². The van der Waals surface area contributed by atoms with Crippen molar-refractivity contribution in [3.63, 3.8) is 0 Å². The fourth-order valence-corrected chi connectivity index (χ4v) is 10.0. The van der Waals surface area contributed by atoms with Crippen molar-refractivity contribution in [2.45, 2.75) is 43.3 Å². The Morgan fingerprint density at radius 3 is 1.43 bits per heavy atom. The lowest BCUT2D eigenvalue weighted by Gasteiger charge is -2.37.